The summed E-state index contributed by atoms with van der Waals surface area (Å²) in [6.07, 6.45) is 0. The summed E-state index contributed by atoms with van der Waals surface area (Å²) in [7, 11) is 1.92. The molecule has 102 valence electrons. The van der Waals surface area contributed by atoms with Crippen molar-refractivity contribution in [1.29, 1.82) is 0 Å². The van der Waals surface area contributed by atoms with Crippen molar-refractivity contribution in [3.63, 3.8) is 0 Å². The number of hydrogen-bond acceptors (Lipinski definition) is 4. The molecule has 19 heavy (non-hydrogen) atoms. The Morgan fingerprint density at radius 2 is 2.16 bits per heavy atom. The minimum Gasteiger partial charge on any atom is -0.345 e. The lowest BCUT2D eigenvalue weighted by molar-refractivity contribution is 0.0949. The van der Waals surface area contributed by atoms with Crippen LogP contribution in [0.25, 0.3) is 0 Å². The zero-order chi connectivity index (χ0) is 14.0. The summed E-state index contributed by atoms with van der Waals surface area (Å²) in [6.45, 7) is 6.47. The van der Waals surface area contributed by atoms with Crippen molar-refractivity contribution in [2.45, 2.75) is 33.2 Å². The monoisotopic (exact) mass is 278 g/mol. The molecule has 0 aromatic carbocycles. The van der Waals surface area contributed by atoms with Crippen molar-refractivity contribution in [1.82, 2.24) is 20.1 Å². The zero-order valence-corrected chi connectivity index (χ0v) is 12.4. The Hall–Kier alpha value is -1.69. The number of aromatic nitrogens is 3. The number of hydrogen-bond donors (Lipinski definition) is 1. The van der Waals surface area contributed by atoms with Gasteiger partial charge in [-0.3, -0.25) is 4.79 Å². The second kappa shape index (κ2) is 5.52. The Balaban J connectivity index is 2.04. The molecule has 1 amide bonds. The summed E-state index contributed by atoms with van der Waals surface area (Å²) >= 11 is 1.53. The van der Waals surface area contributed by atoms with Crippen molar-refractivity contribution >= 4 is 17.2 Å². The van der Waals surface area contributed by atoms with Crippen LogP contribution in [0.5, 0.6) is 0 Å². The summed E-state index contributed by atoms with van der Waals surface area (Å²) < 4.78 is 1.94. The van der Waals surface area contributed by atoms with Gasteiger partial charge in [-0.15, -0.1) is 10.2 Å². The predicted molar refractivity (Wildman–Crippen MR) is 75.3 cm³/mol. The van der Waals surface area contributed by atoms with E-state index in [2.05, 4.69) is 29.4 Å². The fourth-order valence-electron chi connectivity index (χ4n) is 1.88. The summed E-state index contributed by atoms with van der Waals surface area (Å²) in [5, 5.41) is 15.0. The van der Waals surface area contributed by atoms with Gasteiger partial charge in [0, 0.05) is 18.3 Å². The molecule has 2 rings (SSSR count). The number of aryl methyl sites for hydroxylation is 1. The Kier molecular flexibility index (Phi) is 3.99. The normalized spacial score (nSPS) is 11.0. The van der Waals surface area contributed by atoms with Crippen LogP contribution >= 0.6 is 11.3 Å². The maximum Gasteiger partial charge on any atom is 0.252 e. The van der Waals surface area contributed by atoms with Crippen LogP contribution in [0.1, 0.15) is 47.3 Å². The number of rotatable bonds is 4. The quantitative estimate of drug-likeness (QED) is 0.933. The van der Waals surface area contributed by atoms with E-state index < -0.39 is 0 Å². The van der Waals surface area contributed by atoms with E-state index >= 15 is 0 Å². The minimum atomic E-state index is -0.0622. The third-order valence-corrected chi connectivity index (χ3v) is 3.88. The molecule has 0 aliphatic rings. The van der Waals surface area contributed by atoms with E-state index in [1.807, 2.05) is 29.3 Å². The third kappa shape index (κ3) is 2.84. The van der Waals surface area contributed by atoms with Gasteiger partial charge in [0.25, 0.3) is 5.91 Å². The maximum absolute atomic E-state index is 12.0. The van der Waals surface area contributed by atoms with E-state index in [9.17, 15) is 4.79 Å². The highest BCUT2D eigenvalue weighted by atomic mass is 32.1. The molecule has 2 aromatic rings. The molecule has 0 saturated carbocycles. The summed E-state index contributed by atoms with van der Waals surface area (Å²) in [5.41, 5.74) is 1.74. The van der Waals surface area contributed by atoms with Gasteiger partial charge in [-0.2, -0.15) is 11.3 Å². The Morgan fingerprint density at radius 1 is 1.42 bits per heavy atom. The second-order valence-electron chi connectivity index (χ2n) is 4.84. The van der Waals surface area contributed by atoms with Crippen LogP contribution in [0.2, 0.25) is 0 Å². The molecular formula is C13H18N4OS. The highest BCUT2D eigenvalue weighted by Crippen LogP contribution is 2.14. The van der Waals surface area contributed by atoms with Crippen LogP contribution in [0.3, 0.4) is 0 Å². The van der Waals surface area contributed by atoms with Gasteiger partial charge in [-0.1, -0.05) is 13.8 Å². The number of nitrogens with one attached hydrogen (secondary N) is 1. The molecule has 0 unspecified atom stereocenters. The van der Waals surface area contributed by atoms with Gasteiger partial charge in [0.1, 0.15) is 5.82 Å². The first kappa shape index (κ1) is 13.7. The number of nitrogens with zero attached hydrogens (tertiary/aromatic N) is 3. The molecule has 2 heterocycles. The molecule has 2 aromatic heterocycles. The molecule has 0 aliphatic carbocycles. The van der Waals surface area contributed by atoms with Crippen LogP contribution in [-0.2, 0) is 13.6 Å². The van der Waals surface area contributed by atoms with Crippen molar-refractivity contribution in [3.05, 3.63) is 33.5 Å². The van der Waals surface area contributed by atoms with E-state index in [0.717, 1.165) is 22.8 Å². The van der Waals surface area contributed by atoms with Crippen molar-refractivity contribution in [2.75, 3.05) is 0 Å². The molecule has 0 atom stereocenters. The van der Waals surface area contributed by atoms with Gasteiger partial charge in [0.05, 0.1) is 12.1 Å². The number of carbonyl (C=O) groups is 1. The molecule has 5 nitrogen and oxygen atoms in total. The van der Waals surface area contributed by atoms with Crippen LogP contribution in [0, 0.1) is 6.92 Å². The van der Waals surface area contributed by atoms with Gasteiger partial charge in [-0.25, -0.2) is 0 Å². The molecule has 0 bridgehead atoms. The topological polar surface area (TPSA) is 59.8 Å². The molecular weight excluding hydrogens is 260 g/mol. The fraction of sp³-hybridized carbons (Fsp3) is 0.462. The SMILES string of the molecule is Cc1cscc1C(=O)NCc1nnc(C(C)C)n1C. The average molecular weight is 278 g/mol. The van der Waals surface area contributed by atoms with E-state index in [0.29, 0.717) is 12.5 Å². The van der Waals surface area contributed by atoms with E-state index in [4.69, 9.17) is 0 Å². The molecule has 6 heteroatoms. The van der Waals surface area contributed by atoms with Crippen LogP contribution in [0.15, 0.2) is 10.8 Å². The summed E-state index contributed by atoms with van der Waals surface area (Å²) in [5.74, 6) is 1.95. The second-order valence-corrected chi connectivity index (χ2v) is 5.58. The molecule has 0 spiro atoms. The van der Waals surface area contributed by atoms with Crippen LogP contribution in [0.4, 0.5) is 0 Å². The fourth-order valence-corrected chi connectivity index (χ4v) is 2.71. The largest absolute Gasteiger partial charge is 0.345 e. The Bertz CT molecular complexity index is 585. The standard InChI is InChI=1S/C13H18N4OS/c1-8(2)12-16-15-11(17(12)4)5-14-13(18)10-7-19-6-9(10)3/h6-8H,5H2,1-4H3,(H,14,18). The molecule has 0 radical (unpaired) electrons. The van der Waals surface area contributed by atoms with Gasteiger partial charge < -0.3 is 9.88 Å². The van der Waals surface area contributed by atoms with Crippen molar-refractivity contribution in [2.24, 2.45) is 7.05 Å². The smallest absolute Gasteiger partial charge is 0.252 e. The number of amides is 1. The highest BCUT2D eigenvalue weighted by molar-refractivity contribution is 7.08. The first-order valence-electron chi connectivity index (χ1n) is 6.20. The number of carbonyl (C=O) groups excluding carboxylic acids is 1. The first-order valence-corrected chi connectivity index (χ1v) is 7.14. The highest BCUT2D eigenvalue weighted by Gasteiger charge is 2.14. The molecule has 0 aliphatic heterocycles. The van der Waals surface area contributed by atoms with Gasteiger partial charge in [0.2, 0.25) is 0 Å². The van der Waals surface area contributed by atoms with Gasteiger partial charge in [0.15, 0.2) is 5.82 Å². The molecule has 0 saturated heterocycles. The average Bonchev–Trinajstić information content (AvgIpc) is 2.93. The Labute approximate surface area is 116 Å². The molecule has 1 N–H and O–H groups in total. The summed E-state index contributed by atoms with van der Waals surface area (Å²) in [4.78, 5) is 12.0. The van der Waals surface area contributed by atoms with Crippen molar-refractivity contribution in [3.8, 4) is 0 Å². The first-order chi connectivity index (χ1) is 9.00. The molecule has 0 fully saturated rings. The number of thiophene rings is 1. The zero-order valence-electron chi connectivity index (χ0n) is 11.6. The van der Waals surface area contributed by atoms with E-state index in [1.54, 1.807) is 0 Å². The lowest BCUT2D eigenvalue weighted by Crippen LogP contribution is -2.24. The lowest BCUT2D eigenvalue weighted by Gasteiger charge is -2.07. The lowest BCUT2D eigenvalue weighted by atomic mass is 10.2. The van der Waals surface area contributed by atoms with Crippen molar-refractivity contribution < 1.29 is 4.79 Å². The van der Waals surface area contributed by atoms with Gasteiger partial charge >= 0.3 is 0 Å². The predicted octanol–water partition coefficient (Wildman–Crippen LogP) is 2.24. The minimum absolute atomic E-state index is 0.0622. The van der Waals surface area contributed by atoms with E-state index in [1.165, 1.54) is 11.3 Å². The van der Waals surface area contributed by atoms with E-state index in [-0.39, 0.29) is 5.91 Å². The maximum atomic E-state index is 12.0. The van der Waals surface area contributed by atoms with Crippen LogP contribution in [-0.4, -0.2) is 20.7 Å². The Morgan fingerprint density at radius 3 is 2.68 bits per heavy atom. The van der Waals surface area contributed by atoms with Crippen LogP contribution < -0.4 is 5.32 Å². The van der Waals surface area contributed by atoms with Gasteiger partial charge in [-0.05, 0) is 17.9 Å². The summed E-state index contributed by atoms with van der Waals surface area (Å²) in [6, 6.07) is 0. The third-order valence-electron chi connectivity index (χ3n) is 3.02.